The highest BCUT2D eigenvalue weighted by atomic mass is 32.2. The van der Waals surface area contributed by atoms with Crippen molar-refractivity contribution in [1.82, 2.24) is 8.87 Å². The summed E-state index contributed by atoms with van der Waals surface area (Å²) in [7, 11) is -0.727. The molecule has 1 fully saturated rings. The number of carboxylic acids is 1. The van der Waals surface area contributed by atoms with Crippen LogP contribution in [0.25, 0.3) is 0 Å². The van der Waals surface area contributed by atoms with Gasteiger partial charge in [-0.15, -0.1) is 0 Å². The van der Waals surface area contributed by atoms with Crippen LogP contribution in [0.4, 0.5) is 0 Å². The van der Waals surface area contributed by atoms with Crippen LogP contribution in [-0.2, 0) is 21.8 Å². The maximum Gasteiger partial charge on any atom is 0.352 e. The molecule has 1 aliphatic carbocycles. The fraction of sp³-hybridized carbons (Fsp3) is 0.615. The van der Waals surface area contributed by atoms with Crippen LogP contribution in [0.3, 0.4) is 0 Å². The minimum atomic E-state index is -3.69. The van der Waals surface area contributed by atoms with E-state index in [0.717, 1.165) is 0 Å². The van der Waals surface area contributed by atoms with Crippen LogP contribution in [0, 0.1) is 5.92 Å². The second-order valence-electron chi connectivity index (χ2n) is 5.32. The molecule has 1 heterocycles. The number of aromatic carboxylic acids is 1. The Morgan fingerprint density at radius 3 is 2.71 bits per heavy atom. The molecule has 1 aromatic rings. The maximum absolute atomic E-state index is 12.3. The summed E-state index contributed by atoms with van der Waals surface area (Å²) in [6.07, 6.45) is 3.69. The molecule has 2 rings (SSSR count). The number of carbonyl (C=O) groups is 1. The molecule has 0 atom stereocenters. The van der Waals surface area contributed by atoms with Crippen molar-refractivity contribution in [2.45, 2.75) is 17.7 Å². The van der Waals surface area contributed by atoms with E-state index in [2.05, 4.69) is 0 Å². The topological polar surface area (TPSA) is 88.8 Å². The Morgan fingerprint density at radius 1 is 1.52 bits per heavy atom. The molecule has 1 aliphatic rings. The molecular weight excluding hydrogens is 296 g/mol. The van der Waals surface area contributed by atoms with E-state index >= 15 is 0 Å². The van der Waals surface area contributed by atoms with Gasteiger partial charge in [-0.2, -0.15) is 4.31 Å². The van der Waals surface area contributed by atoms with Crippen LogP contribution < -0.4 is 0 Å². The van der Waals surface area contributed by atoms with Gasteiger partial charge in [0.25, 0.3) is 0 Å². The summed E-state index contributed by atoms with van der Waals surface area (Å²) in [5.41, 5.74) is -0.0630. The number of ether oxygens (including phenoxy) is 1. The van der Waals surface area contributed by atoms with Gasteiger partial charge in [-0.3, -0.25) is 0 Å². The maximum atomic E-state index is 12.3. The van der Waals surface area contributed by atoms with Gasteiger partial charge in [-0.05, 0) is 24.8 Å². The van der Waals surface area contributed by atoms with E-state index in [-0.39, 0.29) is 17.1 Å². The van der Waals surface area contributed by atoms with Gasteiger partial charge in [-0.25, -0.2) is 13.2 Å². The van der Waals surface area contributed by atoms with E-state index in [4.69, 9.17) is 9.84 Å². The van der Waals surface area contributed by atoms with Crippen LogP contribution in [-0.4, -0.2) is 55.2 Å². The van der Waals surface area contributed by atoms with Crippen molar-refractivity contribution in [3.63, 3.8) is 0 Å². The lowest BCUT2D eigenvalue weighted by Gasteiger charge is -2.16. The molecule has 0 unspecified atom stereocenters. The highest BCUT2D eigenvalue weighted by molar-refractivity contribution is 7.89. The molecule has 0 aliphatic heterocycles. The first kappa shape index (κ1) is 16.0. The average molecular weight is 316 g/mol. The van der Waals surface area contributed by atoms with Crippen molar-refractivity contribution in [3.8, 4) is 0 Å². The zero-order valence-electron chi connectivity index (χ0n) is 12.2. The third kappa shape index (κ3) is 3.84. The van der Waals surface area contributed by atoms with Gasteiger partial charge < -0.3 is 14.4 Å². The molecule has 1 N–H and O–H groups in total. The number of aryl methyl sites for hydroxylation is 1. The first-order valence-electron chi connectivity index (χ1n) is 6.76. The first-order chi connectivity index (χ1) is 9.82. The third-order valence-corrected chi connectivity index (χ3v) is 5.33. The summed E-state index contributed by atoms with van der Waals surface area (Å²) in [5, 5.41) is 8.97. The van der Waals surface area contributed by atoms with Crippen molar-refractivity contribution in [2.24, 2.45) is 13.0 Å². The monoisotopic (exact) mass is 316 g/mol. The summed E-state index contributed by atoms with van der Waals surface area (Å²) >= 11 is 0. The van der Waals surface area contributed by atoms with Crippen LogP contribution in [0.2, 0.25) is 0 Å². The quantitative estimate of drug-likeness (QED) is 0.716. The molecule has 0 spiro atoms. The number of aromatic nitrogens is 1. The predicted molar refractivity (Wildman–Crippen MR) is 75.7 cm³/mol. The largest absolute Gasteiger partial charge is 0.477 e. The van der Waals surface area contributed by atoms with Crippen molar-refractivity contribution < 1.29 is 23.1 Å². The van der Waals surface area contributed by atoms with Crippen molar-refractivity contribution in [2.75, 3.05) is 26.8 Å². The van der Waals surface area contributed by atoms with Gasteiger partial charge in [0.2, 0.25) is 10.0 Å². The molecule has 21 heavy (non-hydrogen) atoms. The lowest BCUT2D eigenvalue weighted by molar-refractivity contribution is 0.0686. The molecule has 0 aromatic carbocycles. The molecule has 0 amide bonds. The molecule has 118 valence electrons. The summed E-state index contributed by atoms with van der Waals surface area (Å²) < 4.78 is 32.5. The molecule has 1 saturated carbocycles. The van der Waals surface area contributed by atoms with Gasteiger partial charge in [-0.1, -0.05) is 0 Å². The molecule has 1 aromatic heterocycles. The minimum absolute atomic E-state index is 0.0212. The zero-order chi connectivity index (χ0) is 15.6. The minimum Gasteiger partial charge on any atom is -0.477 e. The zero-order valence-corrected chi connectivity index (χ0v) is 13.0. The summed E-state index contributed by atoms with van der Waals surface area (Å²) in [5.74, 6) is -0.520. The van der Waals surface area contributed by atoms with E-state index in [0.29, 0.717) is 19.1 Å². The second-order valence-corrected chi connectivity index (χ2v) is 7.37. The first-order valence-corrected chi connectivity index (χ1v) is 8.20. The number of nitrogens with zero attached hydrogens (tertiary/aromatic N) is 2. The Morgan fingerprint density at radius 2 is 2.19 bits per heavy atom. The van der Waals surface area contributed by atoms with Gasteiger partial charge in [0.1, 0.15) is 10.6 Å². The third-order valence-electron chi connectivity index (χ3n) is 3.51. The molecule has 0 bridgehead atoms. The van der Waals surface area contributed by atoms with Crippen LogP contribution in [0.15, 0.2) is 17.2 Å². The Bertz CT molecular complexity index is 619. The molecule has 7 nitrogen and oxygen atoms in total. The number of carboxylic acid groups (broad SMARTS) is 1. The van der Waals surface area contributed by atoms with E-state index in [1.807, 2.05) is 0 Å². The van der Waals surface area contributed by atoms with Crippen molar-refractivity contribution in [1.29, 1.82) is 0 Å². The number of rotatable bonds is 8. The fourth-order valence-electron chi connectivity index (χ4n) is 1.92. The van der Waals surface area contributed by atoms with Crippen molar-refractivity contribution in [3.05, 3.63) is 18.0 Å². The SMILES string of the molecule is CN(CCOCC1CC1)S(=O)(=O)c1cc(C(=O)O)n(C)c1. The number of sulfonamides is 1. The highest BCUT2D eigenvalue weighted by Crippen LogP contribution is 2.28. The second kappa shape index (κ2) is 6.17. The van der Waals surface area contributed by atoms with E-state index in [9.17, 15) is 13.2 Å². The molecule has 8 heteroatoms. The van der Waals surface area contributed by atoms with Gasteiger partial charge in [0.15, 0.2) is 0 Å². The summed E-state index contributed by atoms with van der Waals surface area (Å²) in [4.78, 5) is 10.9. The lowest BCUT2D eigenvalue weighted by atomic mass is 10.4. The standard InChI is InChI=1S/C13H20N2O5S/c1-14-8-11(7-12(14)13(16)17)21(18,19)15(2)5-6-20-9-10-3-4-10/h7-8,10H,3-6,9H2,1-2H3,(H,16,17). The van der Waals surface area contributed by atoms with Gasteiger partial charge >= 0.3 is 5.97 Å². The number of likely N-dealkylation sites (N-methyl/N-ethyl adjacent to an activating group) is 1. The van der Waals surface area contributed by atoms with E-state index in [1.165, 1.54) is 48.1 Å². The Balaban J connectivity index is 1.98. The van der Waals surface area contributed by atoms with Crippen LogP contribution in [0.1, 0.15) is 23.3 Å². The molecule has 0 radical (unpaired) electrons. The number of hydrogen-bond acceptors (Lipinski definition) is 4. The molecular formula is C13H20N2O5S. The Labute approximate surface area is 124 Å². The van der Waals surface area contributed by atoms with E-state index < -0.39 is 16.0 Å². The molecule has 0 saturated heterocycles. The van der Waals surface area contributed by atoms with Gasteiger partial charge in [0, 0.05) is 33.4 Å². The fourth-order valence-corrected chi connectivity index (χ4v) is 3.14. The van der Waals surface area contributed by atoms with E-state index in [1.54, 1.807) is 0 Å². The van der Waals surface area contributed by atoms with Crippen LogP contribution in [0.5, 0.6) is 0 Å². The van der Waals surface area contributed by atoms with Gasteiger partial charge in [0.05, 0.1) is 6.61 Å². The summed E-state index contributed by atoms with van der Waals surface area (Å²) in [6, 6.07) is 1.17. The Kier molecular flexibility index (Phi) is 4.70. The normalized spacial score (nSPS) is 15.6. The van der Waals surface area contributed by atoms with Crippen LogP contribution >= 0.6 is 0 Å². The number of hydrogen-bond donors (Lipinski definition) is 1. The summed E-state index contributed by atoms with van der Waals surface area (Å²) in [6.45, 7) is 1.26. The average Bonchev–Trinajstić information content (AvgIpc) is 3.14. The smallest absolute Gasteiger partial charge is 0.352 e. The lowest BCUT2D eigenvalue weighted by Crippen LogP contribution is -2.30. The van der Waals surface area contributed by atoms with Crippen molar-refractivity contribution >= 4 is 16.0 Å². The Hall–Kier alpha value is -1.38. The predicted octanol–water partition coefficient (Wildman–Crippen LogP) is 0.770. The highest BCUT2D eigenvalue weighted by Gasteiger charge is 2.25.